The lowest BCUT2D eigenvalue weighted by Crippen LogP contribution is -2.55. The minimum Gasteiger partial charge on any atom is -0.299 e. The number of fused-ring (bicyclic) bond motifs is 2. The first-order valence-electron chi connectivity index (χ1n) is 6.99. The second-order valence-electron chi connectivity index (χ2n) is 6.36. The quantitative estimate of drug-likeness (QED) is 0.686. The van der Waals surface area contributed by atoms with Crippen LogP contribution in [0.5, 0.6) is 0 Å². The van der Waals surface area contributed by atoms with Crippen molar-refractivity contribution in [2.24, 2.45) is 17.3 Å². The van der Waals surface area contributed by atoms with E-state index in [1.807, 2.05) is 0 Å². The molecule has 15 heavy (non-hydrogen) atoms. The van der Waals surface area contributed by atoms with E-state index in [-0.39, 0.29) is 0 Å². The molecule has 0 aromatic carbocycles. The molecule has 86 valence electrons. The number of rotatable bonds is 3. The zero-order valence-corrected chi connectivity index (χ0v) is 10.3. The monoisotopic (exact) mass is 207 g/mol. The average molecular weight is 207 g/mol. The van der Waals surface area contributed by atoms with E-state index in [1.165, 1.54) is 45.2 Å². The predicted octanol–water partition coefficient (Wildman–Crippen LogP) is 3.30. The first-order chi connectivity index (χ1) is 7.25. The van der Waals surface area contributed by atoms with Crippen molar-refractivity contribution < 1.29 is 0 Å². The van der Waals surface area contributed by atoms with Crippen LogP contribution < -0.4 is 0 Å². The van der Waals surface area contributed by atoms with Crippen LogP contribution in [0.3, 0.4) is 0 Å². The molecule has 4 unspecified atom stereocenters. The van der Waals surface area contributed by atoms with Gasteiger partial charge in [-0.05, 0) is 62.4 Å². The molecule has 1 aliphatic heterocycles. The van der Waals surface area contributed by atoms with E-state index in [1.54, 1.807) is 6.42 Å². The van der Waals surface area contributed by atoms with Gasteiger partial charge in [0, 0.05) is 6.04 Å². The third-order valence-electron chi connectivity index (χ3n) is 5.60. The van der Waals surface area contributed by atoms with Gasteiger partial charge in [0.1, 0.15) is 0 Å². The van der Waals surface area contributed by atoms with Crippen molar-refractivity contribution in [3.05, 3.63) is 0 Å². The van der Waals surface area contributed by atoms with Crippen LogP contribution in [0.4, 0.5) is 0 Å². The fourth-order valence-corrected chi connectivity index (χ4v) is 4.91. The summed E-state index contributed by atoms with van der Waals surface area (Å²) in [7, 11) is 0. The smallest absolute Gasteiger partial charge is 0.0180 e. The largest absolute Gasteiger partial charge is 0.299 e. The van der Waals surface area contributed by atoms with Crippen molar-refractivity contribution in [2.45, 2.75) is 58.4 Å². The number of likely N-dealkylation sites (tertiary alicyclic amines) is 1. The lowest BCUT2D eigenvalue weighted by molar-refractivity contribution is -0.0134. The Kier molecular flexibility index (Phi) is 2.35. The van der Waals surface area contributed by atoms with E-state index in [9.17, 15) is 0 Å². The van der Waals surface area contributed by atoms with E-state index in [2.05, 4.69) is 18.7 Å². The van der Waals surface area contributed by atoms with Crippen molar-refractivity contribution in [3.8, 4) is 0 Å². The second-order valence-corrected chi connectivity index (χ2v) is 6.36. The molecule has 0 radical (unpaired) electrons. The maximum Gasteiger partial charge on any atom is 0.0180 e. The summed E-state index contributed by atoms with van der Waals surface area (Å²) in [5.74, 6) is 2.12. The summed E-state index contributed by atoms with van der Waals surface area (Å²) in [6.45, 7) is 7.76. The van der Waals surface area contributed by atoms with Crippen LogP contribution in [0, 0.1) is 17.3 Å². The molecule has 0 aromatic heterocycles. The van der Waals surface area contributed by atoms with Crippen LogP contribution in [-0.2, 0) is 0 Å². The molecule has 3 fully saturated rings. The lowest BCUT2D eigenvalue weighted by Gasteiger charge is -2.50. The molecule has 1 saturated heterocycles. The number of hydrogen-bond acceptors (Lipinski definition) is 1. The molecule has 0 spiro atoms. The molecule has 1 nitrogen and oxygen atoms in total. The Morgan fingerprint density at radius 3 is 2.67 bits per heavy atom. The van der Waals surface area contributed by atoms with E-state index in [0.29, 0.717) is 5.41 Å². The molecule has 0 amide bonds. The Labute approximate surface area is 94.2 Å². The number of hydrogen-bond donors (Lipinski definition) is 0. The zero-order chi connectivity index (χ0) is 10.5. The lowest BCUT2D eigenvalue weighted by atomic mass is 9.67. The van der Waals surface area contributed by atoms with E-state index >= 15 is 0 Å². The summed E-state index contributed by atoms with van der Waals surface area (Å²) in [6, 6.07) is 0.963. The number of nitrogens with zero attached hydrogens (tertiary/aromatic N) is 1. The first-order valence-corrected chi connectivity index (χ1v) is 6.99. The van der Waals surface area contributed by atoms with E-state index in [0.717, 1.165) is 17.9 Å². The Hall–Kier alpha value is -0.0400. The van der Waals surface area contributed by atoms with E-state index < -0.39 is 0 Å². The fraction of sp³-hybridized carbons (Fsp3) is 1.00. The van der Waals surface area contributed by atoms with Gasteiger partial charge in [0.15, 0.2) is 0 Å². The molecule has 2 bridgehead atoms. The SMILES string of the molecule is CCCC1(C)C2CCC(C2)C1N1CCC1. The Balaban J connectivity index is 1.83. The molecule has 0 aromatic rings. The van der Waals surface area contributed by atoms with Crippen molar-refractivity contribution in [1.82, 2.24) is 4.90 Å². The highest BCUT2D eigenvalue weighted by Crippen LogP contribution is 2.60. The Morgan fingerprint density at radius 1 is 1.27 bits per heavy atom. The van der Waals surface area contributed by atoms with Gasteiger partial charge in [0.05, 0.1) is 0 Å². The van der Waals surface area contributed by atoms with Gasteiger partial charge in [-0.15, -0.1) is 0 Å². The average Bonchev–Trinajstić information content (AvgIpc) is 2.66. The minimum atomic E-state index is 0.679. The molecule has 1 heteroatoms. The van der Waals surface area contributed by atoms with Crippen LogP contribution in [0.2, 0.25) is 0 Å². The summed E-state index contributed by atoms with van der Waals surface area (Å²) in [5, 5.41) is 0. The molecule has 3 rings (SSSR count). The topological polar surface area (TPSA) is 3.24 Å². The molecule has 1 heterocycles. The molecule has 0 N–H and O–H groups in total. The van der Waals surface area contributed by atoms with Crippen LogP contribution in [0.1, 0.15) is 52.4 Å². The second kappa shape index (κ2) is 3.48. The van der Waals surface area contributed by atoms with Crippen LogP contribution in [0.25, 0.3) is 0 Å². The maximum absolute atomic E-state index is 2.81. The standard InChI is InChI=1S/C14H25N/c1-3-7-14(2)12-6-5-11(10-12)13(14)15-8-4-9-15/h11-13H,3-10H2,1-2H3. The van der Waals surface area contributed by atoms with Gasteiger partial charge < -0.3 is 0 Å². The van der Waals surface area contributed by atoms with Gasteiger partial charge in [0.2, 0.25) is 0 Å². The third kappa shape index (κ3) is 1.32. The van der Waals surface area contributed by atoms with Crippen LogP contribution in [0.15, 0.2) is 0 Å². The molecular formula is C14H25N. The van der Waals surface area contributed by atoms with Gasteiger partial charge in [0.25, 0.3) is 0 Å². The van der Waals surface area contributed by atoms with Gasteiger partial charge in [-0.25, -0.2) is 0 Å². The molecule has 2 saturated carbocycles. The summed E-state index contributed by atoms with van der Waals surface area (Å²) >= 11 is 0. The third-order valence-corrected chi connectivity index (χ3v) is 5.60. The van der Waals surface area contributed by atoms with Gasteiger partial charge in [-0.3, -0.25) is 4.90 Å². The van der Waals surface area contributed by atoms with Gasteiger partial charge in [-0.1, -0.05) is 20.3 Å². The molecule has 4 atom stereocenters. The first kappa shape index (κ1) is 10.1. The highest BCUT2D eigenvalue weighted by molar-refractivity contribution is 5.09. The summed E-state index contributed by atoms with van der Waals surface area (Å²) in [5.41, 5.74) is 0.679. The summed E-state index contributed by atoms with van der Waals surface area (Å²) in [6.07, 6.45) is 8.92. The molecule has 3 aliphatic rings. The summed E-state index contributed by atoms with van der Waals surface area (Å²) < 4.78 is 0. The summed E-state index contributed by atoms with van der Waals surface area (Å²) in [4.78, 5) is 2.81. The van der Waals surface area contributed by atoms with Crippen molar-refractivity contribution in [2.75, 3.05) is 13.1 Å². The predicted molar refractivity (Wildman–Crippen MR) is 63.8 cm³/mol. The fourth-order valence-electron chi connectivity index (χ4n) is 4.91. The van der Waals surface area contributed by atoms with Crippen molar-refractivity contribution in [3.63, 3.8) is 0 Å². The van der Waals surface area contributed by atoms with Crippen LogP contribution in [-0.4, -0.2) is 24.0 Å². The molecule has 2 aliphatic carbocycles. The normalized spacial score (nSPS) is 49.6. The van der Waals surface area contributed by atoms with E-state index in [4.69, 9.17) is 0 Å². The van der Waals surface area contributed by atoms with Gasteiger partial charge >= 0.3 is 0 Å². The van der Waals surface area contributed by atoms with Crippen molar-refractivity contribution in [1.29, 1.82) is 0 Å². The maximum atomic E-state index is 2.81. The van der Waals surface area contributed by atoms with Crippen molar-refractivity contribution >= 4 is 0 Å². The highest BCUT2D eigenvalue weighted by atomic mass is 15.2. The Bertz CT molecular complexity index is 246. The molecular weight excluding hydrogens is 182 g/mol. The van der Waals surface area contributed by atoms with Crippen LogP contribution >= 0.6 is 0 Å². The highest BCUT2D eigenvalue weighted by Gasteiger charge is 2.56. The zero-order valence-electron chi connectivity index (χ0n) is 10.3. The Morgan fingerprint density at radius 2 is 2.07 bits per heavy atom. The minimum absolute atomic E-state index is 0.679. The van der Waals surface area contributed by atoms with Gasteiger partial charge in [-0.2, -0.15) is 0 Å².